The molecule has 0 spiro atoms. The zero-order chi connectivity index (χ0) is 14.1. The number of nitrogens with zero attached hydrogens (tertiary/aromatic N) is 3. The number of nitrogens with one attached hydrogen (secondary N) is 1. The number of halogens is 1. The fourth-order valence-electron chi connectivity index (χ4n) is 2.21. The van der Waals surface area contributed by atoms with Crippen molar-refractivity contribution < 1.29 is 0 Å². The highest BCUT2D eigenvalue weighted by Crippen LogP contribution is 2.16. The molecule has 0 atom stereocenters. The fourth-order valence-corrected chi connectivity index (χ4v) is 2.39. The van der Waals surface area contributed by atoms with Crippen molar-refractivity contribution in [3.8, 4) is 11.4 Å². The Morgan fingerprint density at radius 1 is 1.40 bits per heavy atom. The zero-order valence-electron chi connectivity index (χ0n) is 10.9. The number of hydrogen-bond donors (Lipinski definition) is 1. The Morgan fingerprint density at radius 3 is 2.95 bits per heavy atom. The molecule has 3 aromatic heterocycles. The lowest BCUT2D eigenvalue weighted by Gasteiger charge is -2.02. The van der Waals surface area contributed by atoms with Gasteiger partial charge in [0.2, 0.25) is 0 Å². The minimum absolute atomic E-state index is 0.102. The van der Waals surface area contributed by atoms with Gasteiger partial charge in [0.25, 0.3) is 5.56 Å². The van der Waals surface area contributed by atoms with E-state index in [9.17, 15) is 4.79 Å². The standard InChI is InChI=1S/C14H13ClN4O/c1-9-10(5-6-15)14(20)19-13(17-9)8-12(18-19)11-4-2-3-7-16-11/h2-4,7-8,18H,5-6H2,1H3. The van der Waals surface area contributed by atoms with Gasteiger partial charge >= 0.3 is 0 Å². The summed E-state index contributed by atoms with van der Waals surface area (Å²) in [6.45, 7) is 1.83. The quantitative estimate of drug-likeness (QED) is 0.751. The van der Waals surface area contributed by atoms with Crippen molar-refractivity contribution in [2.75, 3.05) is 5.88 Å². The number of H-pyrrole nitrogens is 1. The number of hydrogen-bond acceptors (Lipinski definition) is 3. The van der Waals surface area contributed by atoms with E-state index in [1.807, 2.05) is 31.2 Å². The molecular formula is C14H13ClN4O. The summed E-state index contributed by atoms with van der Waals surface area (Å²) in [5, 5.41) is 3.04. The maximum atomic E-state index is 12.4. The van der Waals surface area contributed by atoms with E-state index in [0.29, 0.717) is 23.5 Å². The van der Waals surface area contributed by atoms with Crippen molar-refractivity contribution in [3.05, 3.63) is 52.1 Å². The molecule has 102 valence electrons. The molecule has 0 saturated carbocycles. The molecule has 0 radical (unpaired) electrons. The van der Waals surface area contributed by atoms with Crippen LogP contribution < -0.4 is 5.56 Å². The molecule has 0 aromatic carbocycles. The third kappa shape index (κ3) is 2.10. The Kier molecular flexibility index (Phi) is 3.28. The lowest BCUT2D eigenvalue weighted by atomic mass is 10.2. The van der Waals surface area contributed by atoms with Gasteiger partial charge in [-0.05, 0) is 25.5 Å². The highest BCUT2D eigenvalue weighted by molar-refractivity contribution is 6.18. The predicted molar refractivity (Wildman–Crippen MR) is 78.2 cm³/mol. The lowest BCUT2D eigenvalue weighted by Crippen LogP contribution is -2.22. The van der Waals surface area contributed by atoms with Crippen LogP contribution in [0.2, 0.25) is 0 Å². The Balaban J connectivity index is 2.22. The second-order valence-corrected chi connectivity index (χ2v) is 4.88. The summed E-state index contributed by atoms with van der Waals surface area (Å²) < 4.78 is 1.44. The van der Waals surface area contributed by atoms with E-state index in [4.69, 9.17) is 11.6 Å². The van der Waals surface area contributed by atoms with Gasteiger partial charge < -0.3 is 0 Å². The summed E-state index contributed by atoms with van der Waals surface area (Å²) in [4.78, 5) is 21.1. The van der Waals surface area contributed by atoms with Crippen molar-refractivity contribution in [2.45, 2.75) is 13.3 Å². The largest absolute Gasteiger partial charge is 0.287 e. The molecule has 0 aliphatic rings. The Labute approximate surface area is 120 Å². The monoisotopic (exact) mass is 288 g/mol. The van der Waals surface area contributed by atoms with Crippen LogP contribution >= 0.6 is 11.6 Å². The number of aryl methyl sites for hydroxylation is 1. The van der Waals surface area contributed by atoms with E-state index in [1.54, 1.807) is 6.20 Å². The summed E-state index contributed by atoms with van der Waals surface area (Å²) in [6.07, 6.45) is 2.22. The van der Waals surface area contributed by atoms with E-state index in [1.165, 1.54) is 4.52 Å². The Bertz CT molecular complexity index is 807. The van der Waals surface area contributed by atoms with Gasteiger partial charge in [0.15, 0.2) is 5.65 Å². The van der Waals surface area contributed by atoms with Gasteiger partial charge in [-0.3, -0.25) is 14.9 Å². The van der Waals surface area contributed by atoms with Crippen molar-refractivity contribution in [1.82, 2.24) is 19.6 Å². The molecule has 5 nitrogen and oxygen atoms in total. The van der Waals surface area contributed by atoms with Crippen LogP contribution in [0.3, 0.4) is 0 Å². The molecule has 0 unspecified atom stereocenters. The molecule has 6 heteroatoms. The second kappa shape index (κ2) is 5.09. The summed E-state index contributed by atoms with van der Waals surface area (Å²) in [5.74, 6) is 0.400. The van der Waals surface area contributed by atoms with Gasteiger partial charge in [-0.25, -0.2) is 9.50 Å². The van der Waals surface area contributed by atoms with Crippen LogP contribution in [0.4, 0.5) is 0 Å². The van der Waals surface area contributed by atoms with E-state index >= 15 is 0 Å². The average molecular weight is 289 g/mol. The van der Waals surface area contributed by atoms with Crippen LogP contribution in [0, 0.1) is 6.92 Å². The third-order valence-electron chi connectivity index (χ3n) is 3.20. The lowest BCUT2D eigenvalue weighted by molar-refractivity contribution is 0.856. The first-order valence-corrected chi connectivity index (χ1v) is 6.83. The topological polar surface area (TPSA) is 63.1 Å². The minimum atomic E-state index is -0.102. The number of fused-ring (bicyclic) bond motifs is 1. The molecule has 0 aliphatic heterocycles. The first-order valence-electron chi connectivity index (χ1n) is 6.29. The number of pyridine rings is 1. The first kappa shape index (κ1) is 12.9. The van der Waals surface area contributed by atoms with Crippen LogP contribution in [0.15, 0.2) is 35.3 Å². The molecule has 20 heavy (non-hydrogen) atoms. The molecule has 0 bridgehead atoms. The van der Waals surface area contributed by atoms with Gasteiger partial charge in [0.1, 0.15) is 0 Å². The normalized spacial score (nSPS) is 11.1. The SMILES string of the molecule is Cc1nc2cc(-c3ccccn3)[nH]n2c(=O)c1CCCl. The molecule has 0 amide bonds. The number of aromatic nitrogens is 4. The summed E-state index contributed by atoms with van der Waals surface area (Å²) in [6, 6.07) is 7.44. The maximum Gasteiger partial charge on any atom is 0.276 e. The number of alkyl halides is 1. The molecule has 1 N–H and O–H groups in total. The van der Waals surface area contributed by atoms with E-state index < -0.39 is 0 Å². The van der Waals surface area contributed by atoms with Gasteiger partial charge in [0, 0.05) is 29.4 Å². The predicted octanol–water partition coefficient (Wildman–Crippen LogP) is 2.17. The van der Waals surface area contributed by atoms with Gasteiger partial charge in [-0.15, -0.1) is 11.6 Å². The fraction of sp³-hybridized carbons (Fsp3) is 0.214. The van der Waals surface area contributed by atoms with E-state index in [0.717, 1.165) is 17.1 Å². The van der Waals surface area contributed by atoms with Crippen LogP contribution in [-0.4, -0.2) is 25.5 Å². The average Bonchev–Trinajstić information content (AvgIpc) is 2.88. The van der Waals surface area contributed by atoms with Crippen LogP contribution in [0.5, 0.6) is 0 Å². The molecule has 0 saturated heterocycles. The van der Waals surface area contributed by atoms with Crippen LogP contribution in [0.1, 0.15) is 11.3 Å². The van der Waals surface area contributed by atoms with Crippen molar-refractivity contribution in [3.63, 3.8) is 0 Å². The maximum absolute atomic E-state index is 12.4. The van der Waals surface area contributed by atoms with E-state index in [2.05, 4.69) is 15.1 Å². The highest BCUT2D eigenvalue weighted by Gasteiger charge is 2.12. The van der Waals surface area contributed by atoms with Gasteiger partial charge in [-0.2, -0.15) is 0 Å². The van der Waals surface area contributed by atoms with Crippen molar-refractivity contribution in [2.24, 2.45) is 0 Å². The smallest absolute Gasteiger partial charge is 0.276 e. The van der Waals surface area contributed by atoms with Gasteiger partial charge in [-0.1, -0.05) is 6.07 Å². The molecule has 3 aromatic rings. The molecule has 3 heterocycles. The Morgan fingerprint density at radius 2 is 2.25 bits per heavy atom. The highest BCUT2D eigenvalue weighted by atomic mass is 35.5. The summed E-state index contributed by atoms with van der Waals surface area (Å²) in [7, 11) is 0. The van der Waals surface area contributed by atoms with E-state index in [-0.39, 0.29) is 5.56 Å². The number of rotatable bonds is 3. The van der Waals surface area contributed by atoms with Crippen molar-refractivity contribution >= 4 is 17.2 Å². The second-order valence-electron chi connectivity index (χ2n) is 4.50. The summed E-state index contributed by atoms with van der Waals surface area (Å²) >= 11 is 5.74. The number of aromatic amines is 1. The molecule has 0 fully saturated rings. The van der Waals surface area contributed by atoms with Crippen LogP contribution in [0.25, 0.3) is 17.0 Å². The van der Waals surface area contributed by atoms with Crippen molar-refractivity contribution in [1.29, 1.82) is 0 Å². The minimum Gasteiger partial charge on any atom is -0.287 e. The third-order valence-corrected chi connectivity index (χ3v) is 3.39. The Hall–Kier alpha value is -2.14. The molecule has 0 aliphatic carbocycles. The first-order chi connectivity index (χ1) is 9.70. The van der Waals surface area contributed by atoms with Gasteiger partial charge in [0.05, 0.1) is 11.4 Å². The summed E-state index contributed by atoms with van der Waals surface area (Å²) in [5.41, 5.74) is 3.39. The molecular weight excluding hydrogens is 276 g/mol. The van der Waals surface area contributed by atoms with Crippen LogP contribution in [-0.2, 0) is 6.42 Å². The molecule has 3 rings (SSSR count). The zero-order valence-corrected chi connectivity index (χ0v) is 11.7.